The summed E-state index contributed by atoms with van der Waals surface area (Å²) in [6.07, 6.45) is 2.41. The highest BCUT2D eigenvalue weighted by Gasteiger charge is 2.53. The number of hydrogen-bond donors (Lipinski definition) is 4. The summed E-state index contributed by atoms with van der Waals surface area (Å²) in [7, 11) is -15.0. The van der Waals surface area contributed by atoms with E-state index in [0.29, 0.717) is 13.1 Å². The lowest BCUT2D eigenvalue weighted by Gasteiger charge is -2.38. The number of phosphoric acid groups is 2. The minimum Gasteiger partial charge on any atom is -0.390 e. The SMILES string of the molecule is C=C1CCC=CN1C1OC(COP(=O)(O)OP(=O)(O)OP(C)(=O)O)C(O)C1(C)C. The van der Waals surface area contributed by atoms with Gasteiger partial charge in [-0.15, -0.1) is 0 Å². The fraction of sp³-hybridized carbons (Fsp3) is 0.714. The van der Waals surface area contributed by atoms with Gasteiger partial charge in [0.15, 0.2) is 0 Å². The standard InChI is InChI=1S/C14H26NO11P3/c1-10-7-5-6-8-15(10)13-14(2,3)12(16)11(24-13)9-23-28(19,20)26-29(21,22)25-27(4,17)18/h6,8,11-13,16H,1,5,7,9H2,2-4H3,(H,17,18)(H,19,20)(H,21,22). The van der Waals surface area contributed by atoms with Crippen molar-refractivity contribution in [3.8, 4) is 0 Å². The first kappa shape index (κ1) is 24.9. The highest BCUT2D eigenvalue weighted by molar-refractivity contribution is 7.68. The van der Waals surface area contributed by atoms with Crippen LogP contribution in [0.1, 0.15) is 26.7 Å². The number of rotatable bonds is 8. The number of phosphoric ester groups is 1. The Morgan fingerprint density at radius 2 is 1.86 bits per heavy atom. The summed E-state index contributed by atoms with van der Waals surface area (Å²) >= 11 is 0. The maximum Gasteiger partial charge on any atom is 0.488 e. The van der Waals surface area contributed by atoms with Gasteiger partial charge in [-0.25, -0.2) is 13.4 Å². The topological polar surface area (TPSA) is 172 Å². The second-order valence-electron chi connectivity index (χ2n) is 7.39. The van der Waals surface area contributed by atoms with E-state index in [1.165, 1.54) is 0 Å². The number of ether oxygens (including phenoxy) is 1. The molecule has 2 heterocycles. The van der Waals surface area contributed by atoms with Crippen molar-refractivity contribution in [1.29, 1.82) is 0 Å². The van der Waals surface area contributed by atoms with Crippen LogP contribution in [-0.4, -0.2) is 56.4 Å². The van der Waals surface area contributed by atoms with Crippen LogP contribution >= 0.6 is 23.2 Å². The van der Waals surface area contributed by atoms with Crippen LogP contribution in [0.15, 0.2) is 24.6 Å². The van der Waals surface area contributed by atoms with Crippen molar-refractivity contribution in [2.24, 2.45) is 5.41 Å². The lowest BCUT2D eigenvalue weighted by atomic mass is 9.84. The summed E-state index contributed by atoms with van der Waals surface area (Å²) < 4.78 is 52.9. The number of hydrogen-bond acceptors (Lipinski definition) is 9. The molecule has 0 aliphatic carbocycles. The van der Waals surface area contributed by atoms with Gasteiger partial charge in [0.05, 0.1) is 12.7 Å². The molecular weight excluding hydrogens is 451 g/mol. The van der Waals surface area contributed by atoms with Crippen LogP contribution in [0.3, 0.4) is 0 Å². The maximum atomic E-state index is 11.9. The van der Waals surface area contributed by atoms with Crippen molar-refractivity contribution < 1.29 is 51.4 Å². The summed E-state index contributed by atoms with van der Waals surface area (Å²) in [4.78, 5) is 29.7. The zero-order valence-corrected chi connectivity index (χ0v) is 18.8. The molecule has 15 heteroatoms. The van der Waals surface area contributed by atoms with E-state index in [1.54, 1.807) is 24.9 Å². The Bertz CT molecular complexity index is 807. The molecule has 0 radical (unpaired) electrons. The van der Waals surface area contributed by atoms with Crippen LogP contribution in [0, 0.1) is 5.41 Å². The monoisotopic (exact) mass is 477 g/mol. The van der Waals surface area contributed by atoms with Gasteiger partial charge in [0.25, 0.3) is 0 Å². The molecule has 2 aliphatic heterocycles. The first-order chi connectivity index (χ1) is 13.0. The molecule has 12 nitrogen and oxygen atoms in total. The van der Waals surface area contributed by atoms with Gasteiger partial charge in [0.2, 0.25) is 0 Å². The van der Waals surface area contributed by atoms with Crippen LogP contribution in [0.5, 0.6) is 0 Å². The van der Waals surface area contributed by atoms with E-state index in [2.05, 4.69) is 19.7 Å². The molecule has 1 fully saturated rings. The fourth-order valence-corrected chi connectivity index (χ4v) is 6.53. The Balaban J connectivity index is 2.04. The molecule has 0 aromatic rings. The fourth-order valence-electron chi connectivity index (χ4n) is 3.04. The molecule has 6 atom stereocenters. The molecule has 2 aliphatic rings. The van der Waals surface area contributed by atoms with Gasteiger partial charge in [-0.3, -0.25) is 9.09 Å². The minimum atomic E-state index is -5.36. The molecule has 29 heavy (non-hydrogen) atoms. The molecule has 1 saturated heterocycles. The second-order valence-corrected chi connectivity index (χ2v) is 12.4. The Hall–Kier alpha value is -0.350. The van der Waals surface area contributed by atoms with Gasteiger partial charge in [-0.2, -0.15) is 4.31 Å². The third-order valence-electron chi connectivity index (χ3n) is 4.40. The predicted octanol–water partition coefficient (Wildman–Crippen LogP) is 2.29. The lowest BCUT2D eigenvalue weighted by Crippen LogP contribution is -2.44. The molecule has 168 valence electrons. The Labute approximate surface area is 168 Å². The van der Waals surface area contributed by atoms with Crippen LogP contribution in [0.2, 0.25) is 0 Å². The van der Waals surface area contributed by atoms with E-state index in [9.17, 15) is 28.6 Å². The molecule has 2 rings (SSSR count). The zero-order chi connectivity index (χ0) is 22.3. The third-order valence-corrected chi connectivity index (χ3v) is 8.56. The van der Waals surface area contributed by atoms with Crippen molar-refractivity contribution in [2.45, 2.75) is 45.1 Å². The van der Waals surface area contributed by atoms with Crippen LogP contribution in [0.4, 0.5) is 0 Å². The third kappa shape index (κ3) is 6.56. The predicted molar refractivity (Wildman–Crippen MR) is 101 cm³/mol. The molecule has 0 amide bonds. The quantitative estimate of drug-likeness (QED) is 0.376. The molecule has 0 aromatic heterocycles. The van der Waals surface area contributed by atoms with Crippen molar-refractivity contribution in [3.05, 3.63) is 24.6 Å². The number of aliphatic hydroxyl groups excluding tert-OH is 1. The lowest BCUT2D eigenvalue weighted by molar-refractivity contribution is -0.0677. The van der Waals surface area contributed by atoms with Crippen molar-refractivity contribution in [2.75, 3.05) is 13.3 Å². The first-order valence-electron chi connectivity index (χ1n) is 8.53. The minimum absolute atomic E-state index is 0.593. The zero-order valence-electron chi connectivity index (χ0n) is 16.2. The summed E-state index contributed by atoms with van der Waals surface area (Å²) in [6.45, 7) is 7.38. The van der Waals surface area contributed by atoms with Crippen LogP contribution in [0.25, 0.3) is 0 Å². The number of allylic oxidation sites excluding steroid dienone is 2. The van der Waals surface area contributed by atoms with E-state index in [1.807, 2.05) is 6.08 Å². The highest BCUT2D eigenvalue weighted by Crippen LogP contribution is 2.66. The average Bonchev–Trinajstić information content (AvgIpc) is 2.73. The van der Waals surface area contributed by atoms with Crippen molar-refractivity contribution >= 4 is 23.2 Å². The van der Waals surface area contributed by atoms with Gasteiger partial charge in [0, 0.05) is 24.0 Å². The molecular formula is C14H26NO11P3. The van der Waals surface area contributed by atoms with E-state index in [-0.39, 0.29) is 0 Å². The number of aliphatic hydroxyl groups is 1. The Morgan fingerprint density at radius 3 is 2.41 bits per heavy atom. The van der Waals surface area contributed by atoms with Crippen molar-refractivity contribution in [3.63, 3.8) is 0 Å². The largest absolute Gasteiger partial charge is 0.488 e. The summed E-state index contributed by atoms with van der Waals surface area (Å²) in [5, 5.41) is 10.6. The van der Waals surface area contributed by atoms with Crippen LogP contribution in [-0.2, 0) is 31.6 Å². The Morgan fingerprint density at radius 1 is 1.24 bits per heavy atom. The smallest absolute Gasteiger partial charge is 0.390 e. The molecule has 6 unspecified atom stereocenters. The van der Waals surface area contributed by atoms with E-state index >= 15 is 0 Å². The number of nitrogens with zero attached hydrogens (tertiary/aromatic N) is 1. The van der Waals surface area contributed by atoms with E-state index in [0.717, 1.165) is 12.1 Å². The molecule has 0 bridgehead atoms. The maximum absolute atomic E-state index is 11.9. The second kappa shape index (κ2) is 8.65. The van der Waals surface area contributed by atoms with Gasteiger partial charge in [-0.05, 0) is 12.8 Å². The normalized spacial score (nSPS) is 33.1. The van der Waals surface area contributed by atoms with Gasteiger partial charge in [0.1, 0.15) is 12.3 Å². The molecule has 0 aromatic carbocycles. The van der Waals surface area contributed by atoms with Crippen LogP contribution < -0.4 is 0 Å². The average molecular weight is 477 g/mol. The van der Waals surface area contributed by atoms with Gasteiger partial charge < -0.3 is 29.4 Å². The van der Waals surface area contributed by atoms with E-state index in [4.69, 9.17) is 9.63 Å². The summed E-state index contributed by atoms with van der Waals surface area (Å²) in [5.74, 6) is 0. The summed E-state index contributed by atoms with van der Waals surface area (Å²) in [5.41, 5.74) is -0.0399. The Kier molecular flexibility index (Phi) is 7.43. The summed E-state index contributed by atoms with van der Waals surface area (Å²) in [6, 6.07) is 0. The molecule has 4 N–H and O–H groups in total. The molecule has 0 spiro atoms. The highest BCUT2D eigenvalue weighted by atomic mass is 31.3. The van der Waals surface area contributed by atoms with E-state index < -0.39 is 53.7 Å². The first-order valence-corrected chi connectivity index (χ1v) is 13.5. The van der Waals surface area contributed by atoms with Gasteiger partial charge >= 0.3 is 23.2 Å². The van der Waals surface area contributed by atoms with Crippen molar-refractivity contribution in [1.82, 2.24) is 4.90 Å². The van der Waals surface area contributed by atoms with Gasteiger partial charge in [-0.1, -0.05) is 26.5 Å². The molecule has 0 saturated carbocycles.